The summed E-state index contributed by atoms with van der Waals surface area (Å²) < 4.78 is 0. The zero-order valence-corrected chi connectivity index (χ0v) is 13.2. The average Bonchev–Trinajstić information content (AvgIpc) is 2.59. The molecule has 2 aliphatic carbocycles. The van der Waals surface area contributed by atoms with Gasteiger partial charge in [-0.25, -0.2) is 0 Å². The van der Waals surface area contributed by atoms with Crippen LogP contribution >= 0.6 is 0 Å². The number of hydrogen-bond donors (Lipinski definition) is 0. The molecule has 0 N–H and O–H groups in total. The highest BCUT2D eigenvalue weighted by Crippen LogP contribution is 2.35. The fraction of sp³-hybridized carbons (Fsp3) is 0.500. The molecule has 0 bridgehead atoms. The molecule has 114 valence electrons. The number of para-hydroxylation sites is 1. The van der Waals surface area contributed by atoms with Gasteiger partial charge in [-0.05, 0) is 56.1 Å². The molecule has 0 saturated heterocycles. The van der Waals surface area contributed by atoms with Gasteiger partial charge in [-0.3, -0.25) is 9.98 Å². The molecule has 1 aromatic carbocycles. The van der Waals surface area contributed by atoms with E-state index in [1.807, 2.05) is 0 Å². The lowest BCUT2D eigenvalue weighted by Gasteiger charge is -2.20. The molecule has 22 heavy (non-hydrogen) atoms. The normalized spacial score (nSPS) is 19.6. The lowest BCUT2D eigenvalue weighted by molar-refractivity contribution is 0.445. The number of hydrogen-bond acceptors (Lipinski definition) is 2. The standard InChI is InChI=1S/C20H24N2/c1-2-8-15(9-3-1)14-21-20-16-10-4-6-12-18(16)22-19-13-7-5-11-17(19)20/h4,6,10,12,14-15H,1-3,5,7-9,11,13H2/b21-14+. The van der Waals surface area contributed by atoms with Crippen molar-refractivity contribution in [1.29, 1.82) is 0 Å². The third-order valence-electron chi connectivity index (χ3n) is 5.20. The summed E-state index contributed by atoms with van der Waals surface area (Å²) in [6.45, 7) is 0. The smallest absolute Gasteiger partial charge is 0.0769 e. The number of rotatable bonds is 2. The molecule has 2 heteroatoms. The molecule has 1 saturated carbocycles. The summed E-state index contributed by atoms with van der Waals surface area (Å²) in [4.78, 5) is 9.90. The summed E-state index contributed by atoms with van der Waals surface area (Å²) in [5, 5.41) is 1.23. The van der Waals surface area contributed by atoms with Gasteiger partial charge in [-0.1, -0.05) is 37.5 Å². The lowest BCUT2D eigenvalue weighted by atomic mass is 9.90. The minimum absolute atomic E-state index is 0.680. The molecule has 4 rings (SSSR count). The third-order valence-corrected chi connectivity index (χ3v) is 5.20. The van der Waals surface area contributed by atoms with Crippen molar-refractivity contribution in [2.45, 2.75) is 57.8 Å². The van der Waals surface area contributed by atoms with E-state index in [1.54, 1.807) is 0 Å². The van der Waals surface area contributed by atoms with Crippen molar-refractivity contribution in [2.24, 2.45) is 10.9 Å². The zero-order valence-electron chi connectivity index (χ0n) is 13.2. The van der Waals surface area contributed by atoms with Gasteiger partial charge in [0.1, 0.15) is 0 Å². The van der Waals surface area contributed by atoms with E-state index in [1.165, 1.54) is 67.3 Å². The fourth-order valence-electron chi connectivity index (χ4n) is 3.96. The Morgan fingerprint density at radius 1 is 0.955 bits per heavy atom. The van der Waals surface area contributed by atoms with Crippen LogP contribution in [0.15, 0.2) is 29.3 Å². The first-order valence-electron chi connectivity index (χ1n) is 8.86. The van der Waals surface area contributed by atoms with Gasteiger partial charge in [0, 0.05) is 17.3 Å². The molecule has 0 radical (unpaired) electrons. The molecule has 2 aromatic rings. The molecule has 0 amide bonds. The maximum absolute atomic E-state index is 5.01. The number of pyridine rings is 1. The van der Waals surface area contributed by atoms with E-state index < -0.39 is 0 Å². The average molecular weight is 292 g/mol. The van der Waals surface area contributed by atoms with Gasteiger partial charge in [0.2, 0.25) is 0 Å². The van der Waals surface area contributed by atoms with Crippen LogP contribution in [0.4, 0.5) is 5.69 Å². The van der Waals surface area contributed by atoms with Crippen LogP contribution in [0, 0.1) is 5.92 Å². The summed E-state index contributed by atoms with van der Waals surface area (Å²) in [7, 11) is 0. The maximum Gasteiger partial charge on any atom is 0.0769 e. The number of aryl methyl sites for hydroxylation is 1. The summed E-state index contributed by atoms with van der Waals surface area (Å²) in [5.41, 5.74) is 5.03. The summed E-state index contributed by atoms with van der Waals surface area (Å²) in [5.74, 6) is 0.680. The predicted octanol–water partition coefficient (Wildman–Crippen LogP) is 5.40. The number of aromatic nitrogens is 1. The topological polar surface area (TPSA) is 25.2 Å². The van der Waals surface area contributed by atoms with Crippen LogP contribution in [0.1, 0.15) is 56.2 Å². The minimum Gasteiger partial charge on any atom is -0.260 e. The Hall–Kier alpha value is -1.70. The lowest BCUT2D eigenvalue weighted by Crippen LogP contribution is -2.08. The van der Waals surface area contributed by atoms with E-state index >= 15 is 0 Å². The molecular formula is C20H24N2. The summed E-state index contributed by atoms with van der Waals surface area (Å²) in [6, 6.07) is 8.51. The molecule has 0 aliphatic heterocycles. The van der Waals surface area contributed by atoms with Crippen molar-refractivity contribution >= 4 is 22.8 Å². The van der Waals surface area contributed by atoms with Gasteiger partial charge < -0.3 is 0 Å². The second-order valence-corrected chi connectivity index (χ2v) is 6.79. The van der Waals surface area contributed by atoms with Crippen LogP contribution in [0.2, 0.25) is 0 Å². The number of nitrogens with zero attached hydrogens (tertiary/aromatic N) is 2. The Bertz CT molecular complexity index is 696. The monoisotopic (exact) mass is 292 g/mol. The van der Waals surface area contributed by atoms with E-state index in [-0.39, 0.29) is 0 Å². The van der Waals surface area contributed by atoms with E-state index in [0.29, 0.717) is 5.92 Å². The first-order valence-corrected chi connectivity index (χ1v) is 8.86. The summed E-state index contributed by atoms with van der Waals surface area (Å²) >= 11 is 0. The minimum atomic E-state index is 0.680. The largest absolute Gasteiger partial charge is 0.260 e. The quantitative estimate of drug-likeness (QED) is 0.681. The van der Waals surface area contributed by atoms with Crippen molar-refractivity contribution in [3.05, 3.63) is 35.5 Å². The maximum atomic E-state index is 5.01. The van der Waals surface area contributed by atoms with E-state index in [4.69, 9.17) is 9.98 Å². The molecule has 0 unspecified atom stereocenters. The van der Waals surface area contributed by atoms with Gasteiger partial charge in [-0.2, -0.15) is 0 Å². The van der Waals surface area contributed by atoms with Crippen LogP contribution in [0.25, 0.3) is 10.9 Å². The van der Waals surface area contributed by atoms with Crippen molar-refractivity contribution in [3.63, 3.8) is 0 Å². The highest BCUT2D eigenvalue weighted by molar-refractivity contribution is 5.93. The van der Waals surface area contributed by atoms with Gasteiger partial charge in [-0.15, -0.1) is 0 Å². The molecule has 2 nitrogen and oxygen atoms in total. The Labute approximate surface area is 132 Å². The number of aliphatic imine (C=N–C) groups is 1. The zero-order chi connectivity index (χ0) is 14.8. The number of benzene rings is 1. The first-order chi connectivity index (χ1) is 10.9. The summed E-state index contributed by atoms with van der Waals surface area (Å²) in [6.07, 6.45) is 13.8. The highest BCUT2D eigenvalue weighted by Gasteiger charge is 2.18. The van der Waals surface area contributed by atoms with Crippen LogP contribution < -0.4 is 0 Å². The molecular weight excluding hydrogens is 268 g/mol. The van der Waals surface area contributed by atoms with Gasteiger partial charge >= 0.3 is 0 Å². The third kappa shape index (κ3) is 2.67. The first kappa shape index (κ1) is 13.9. The Morgan fingerprint density at radius 2 is 1.77 bits per heavy atom. The predicted molar refractivity (Wildman–Crippen MR) is 93.1 cm³/mol. The van der Waals surface area contributed by atoms with Crippen LogP contribution in [0.3, 0.4) is 0 Å². The second-order valence-electron chi connectivity index (χ2n) is 6.79. The van der Waals surface area contributed by atoms with Crippen LogP contribution in [-0.4, -0.2) is 11.2 Å². The second kappa shape index (κ2) is 6.20. The molecule has 1 aromatic heterocycles. The van der Waals surface area contributed by atoms with Gasteiger partial charge in [0.15, 0.2) is 0 Å². The van der Waals surface area contributed by atoms with Gasteiger partial charge in [0.05, 0.1) is 11.2 Å². The van der Waals surface area contributed by atoms with Crippen molar-refractivity contribution in [3.8, 4) is 0 Å². The van der Waals surface area contributed by atoms with Crippen molar-refractivity contribution in [1.82, 2.24) is 4.98 Å². The van der Waals surface area contributed by atoms with Crippen LogP contribution in [0.5, 0.6) is 0 Å². The Balaban J connectivity index is 1.78. The molecule has 0 spiro atoms. The highest BCUT2D eigenvalue weighted by atomic mass is 14.8. The molecule has 1 heterocycles. The fourth-order valence-corrected chi connectivity index (χ4v) is 3.96. The number of fused-ring (bicyclic) bond motifs is 2. The Kier molecular flexibility index (Phi) is 3.92. The Morgan fingerprint density at radius 3 is 2.68 bits per heavy atom. The van der Waals surface area contributed by atoms with Crippen molar-refractivity contribution < 1.29 is 0 Å². The van der Waals surface area contributed by atoms with E-state index in [2.05, 4.69) is 30.5 Å². The molecule has 0 atom stereocenters. The van der Waals surface area contributed by atoms with Gasteiger partial charge in [0.25, 0.3) is 0 Å². The van der Waals surface area contributed by atoms with Crippen LogP contribution in [-0.2, 0) is 12.8 Å². The SMILES string of the molecule is C(=N\c1c2c(nc3ccccc13)CCCC2)/C1CCCCC1. The molecule has 2 aliphatic rings. The molecule has 1 fully saturated rings. The van der Waals surface area contributed by atoms with E-state index in [9.17, 15) is 0 Å². The van der Waals surface area contributed by atoms with E-state index in [0.717, 1.165) is 18.4 Å². The van der Waals surface area contributed by atoms with Crippen molar-refractivity contribution in [2.75, 3.05) is 0 Å².